The molecule has 0 saturated carbocycles. The van der Waals surface area contributed by atoms with Crippen molar-refractivity contribution in [3.63, 3.8) is 0 Å². The Morgan fingerprint density at radius 2 is 0.810 bits per heavy atom. The lowest BCUT2D eigenvalue weighted by Gasteiger charge is -2.17. The third-order valence-electron chi connectivity index (χ3n) is 13.0. The van der Waals surface area contributed by atoms with Gasteiger partial charge in [-0.1, -0.05) is 164 Å². The highest BCUT2D eigenvalue weighted by atomic mass is 15.0. The first kappa shape index (κ1) is 35.1. The van der Waals surface area contributed by atoms with E-state index in [2.05, 4.69) is 193 Å². The van der Waals surface area contributed by atoms with Crippen molar-refractivity contribution in [1.29, 1.82) is 5.26 Å². The van der Waals surface area contributed by atoms with E-state index in [0.29, 0.717) is 11.4 Å². The van der Waals surface area contributed by atoms with Gasteiger partial charge in [-0.3, -0.25) is 0 Å². The molecule has 290 valence electrons. The van der Waals surface area contributed by atoms with Crippen LogP contribution in [0.25, 0.3) is 127 Å². The Morgan fingerprint density at radius 3 is 1.40 bits per heavy atom. The Hall–Kier alpha value is -8.65. The van der Waals surface area contributed by atoms with Crippen molar-refractivity contribution < 1.29 is 0 Å². The van der Waals surface area contributed by atoms with E-state index in [1.807, 2.05) is 24.3 Å². The monoisotopic (exact) mass is 798 g/mol. The molecule has 0 aliphatic heterocycles. The van der Waals surface area contributed by atoms with Gasteiger partial charge >= 0.3 is 0 Å². The molecule has 0 unspecified atom stereocenters. The highest BCUT2D eigenvalue weighted by Gasteiger charge is 2.22. The molecule has 0 saturated heterocycles. The molecular formula is C59H34N4. The maximum absolute atomic E-state index is 10.1. The molecule has 63 heavy (non-hydrogen) atoms. The van der Waals surface area contributed by atoms with E-state index < -0.39 is 0 Å². The lowest BCUT2D eigenvalue weighted by Crippen LogP contribution is -1.97. The van der Waals surface area contributed by atoms with Gasteiger partial charge in [0.1, 0.15) is 0 Å². The topological polar surface area (TPSA) is 54.5 Å². The smallest absolute Gasteiger partial charge is 0.161 e. The Labute approximate surface area is 362 Å². The molecule has 13 aromatic rings. The molecule has 13 rings (SSSR count). The van der Waals surface area contributed by atoms with Crippen molar-refractivity contribution >= 4 is 64.9 Å². The molecular weight excluding hydrogens is 765 g/mol. The van der Waals surface area contributed by atoms with Gasteiger partial charge in [-0.2, -0.15) is 5.26 Å². The predicted molar refractivity (Wildman–Crippen MR) is 261 cm³/mol. The van der Waals surface area contributed by atoms with Crippen molar-refractivity contribution in [3.05, 3.63) is 212 Å². The summed E-state index contributed by atoms with van der Waals surface area (Å²) < 4.78 is 2.33. The normalized spacial score (nSPS) is 11.8. The van der Waals surface area contributed by atoms with Gasteiger partial charge in [0, 0.05) is 38.5 Å². The van der Waals surface area contributed by atoms with Crippen LogP contribution < -0.4 is 0 Å². The molecule has 0 radical (unpaired) electrons. The summed E-state index contributed by atoms with van der Waals surface area (Å²) in [6.07, 6.45) is 0. The molecule has 0 fully saturated rings. The van der Waals surface area contributed by atoms with E-state index in [-0.39, 0.29) is 0 Å². The van der Waals surface area contributed by atoms with Crippen molar-refractivity contribution in [2.45, 2.75) is 0 Å². The Balaban J connectivity index is 0.945. The van der Waals surface area contributed by atoms with E-state index >= 15 is 0 Å². The average molecular weight is 799 g/mol. The molecule has 4 nitrogen and oxygen atoms in total. The van der Waals surface area contributed by atoms with Crippen LogP contribution in [0.15, 0.2) is 206 Å². The van der Waals surface area contributed by atoms with Crippen LogP contribution in [0.4, 0.5) is 0 Å². The first-order valence-corrected chi connectivity index (χ1v) is 21.3. The third-order valence-corrected chi connectivity index (χ3v) is 13.0. The number of benzene rings is 11. The van der Waals surface area contributed by atoms with Crippen LogP contribution in [-0.4, -0.2) is 14.5 Å². The second-order valence-electron chi connectivity index (χ2n) is 16.4. The van der Waals surface area contributed by atoms with Crippen LogP contribution in [0.1, 0.15) is 5.56 Å². The van der Waals surface area contributed by atoms with Crippen molar-refractivity contribution in [3.8, 4) is 67.9 Å². The zero-order valence-electron chi connectivity index (χ0n) is 33.9. The summed E-state index contributed by atoms with van der Waals surface area (Å²) in [7, 11) is 0. The molecule has 0 atom stereocenters. The minimum Gasteiger partial charge on any atom is -0.309 e. The van der Waals surface area contributed by atoms with Crippen LogP contribution in [-0.2, 0) is 0 Å². The second-order valence-corrected chi connectivity index (χ2v) is 16.4. The molecule has 2 heterocycles. The standard InChI is InChI=1S/C59H34N4/c60-35-42-24-32-53-57-46(42)29-30-48-45(31-33-54(58(48)57)63(53)43-14-8-3-9-15-43)37-18-16-36(17-19-37)44-25-20-40-22-27-49-50(28-23-41-21-26-47(44)55(40)56(41)49)59-61-51(38-10-4-1-5-11-38)34-52(62-59)39-12-6-2-7-13-39/h1-34H. The summed E-state index contributed by atoms with van der Waals surface area (Å²) in [5, 5.41) is 21.8. The summed E-state index contributed by atoms with van der Waals surface area (Å²) in [6, 6.07) is 75.6. The SMILES string of the molecule is N#Cc1ccc2c3c1ccc1c(-c4ccc(-c5ccc6ccc7c(-c8nc(-c9ccccc9)cc(-c9ccccc9)n8)ccc8ccc5c6c87)cc4)ccc(c13)n2-c1ccccc1. The average Bonchev–Trinajstić information content (AvgIpc) is 3.70. The zero-order valence-corrected chi connectivity index (χ0v) is 33.9. The molecule has 0 amide bonds. The van der Waals surface area contributed by atoms with E-state index in [1.165, 1.54) is 48.8 Å². The fraction of sp³-hybridized carbons (Fsp3) is 0. The highest BCUT2D eigenvalue weighted by molar-refractivity contribution is 6.29. The van der Waals surface area contributed by atoms with Crippen molar-refractivity contribution in [2.24, 2.45) is 0 Å². The molecule has 0 aliphatic rings. The molecule has 0 aliphatic carbocycles. The number of rotatable bonds is 6. The molecule has 4 heteroatoms. The molecule has 2 aromatic heterocycles. The maximum atomic E-state index is 10.1. The predicted octanol–water partition coefficient (Wildman–Crippen LogP) is 15.3. The first-order valence-electron chi connectivity index (χ1n) is 21.3. The van der Waals surface area contributed by atoms with Gasteiger partial charge < -0.3 is 4.57 Å². The lowest BCUT2D eigenvalue weighted by atomic mass is 9.88. The van der Waals surface area contributed by atoms with Crippen LogP contribution in [0.3, 0.4) is 0 Å². The van der Waals surface area contributed by atoms with Gasteiger partial charge in [-0.25, -0.2) is 9.97 Å². The summed E-state index contributed by atoms with van der Waals surface area (Å²) in [6.45, 7) is 0. The van der Waals surface area contributed by atoms with Crippen molar-refractivity contribution in [1.82, 2.24) is 14.5 Å². The first-order chi connectivity index (χ1) is 31.2. The van der Waals surface area contributed by atoms with Crippen LogP contribution >= 0.6 is 0 Å². The van der Waals surface area contributed by atoms with Crippen molar-refractivity contribution in [2.75, 3.05) is 0 Å². The van der Waals surface area contributed by atoms with Crippen LogP contribution in [0, 0.1) is 11.3 Å². The lowest BCUT2D eigenvalue weighted by molar-refractivity contribution is 1.18. The third kappa shape index (κ3) is 5.34. The number of hydrogen-bond acceptors (Lipinski definition) is 3. The Bertz CT molecular complexity index is 3880. The minimum absolute atomic E-state index is 0.693. The summed E-state index contributed by atoms with van der Waals surface area (Å²) in [5.74, 6) is 0.711. The largest absolute Gasteiger partial charge is 0.309 e. The van der Waals surface area contributed by atoms with E-state index in [1.54, 1.807) is 0 Å². The molecule has 0 spiro atoms. The molecule has 0 N–H and O–H groups in total. The minimum atomic E-state index is 0.693. The number of nitrogens with zero attached hydrogens (tertiary/aromatic N) is 4. The summed E-state index contributed by atoms with van der Waals surface area (Å²) in [5.41, 5.74) is 13.6. The fourth-order valence-electron chi connectivity index (χ4n) is 10.1. The second kappa shape index (κ2) is 13.7. The maximum Gasteiger partial charge on any atom is 0.161 e. The quantitative estimate of drug-likeness (QED) is 0.157. The number of nitriles is 1. The van der Waals surface area contributed by atoms with Gasteiger partial charge in [0.25, 0.3) is 0 Å². The number of aromatic nitrogens is 3. The van der Waals surface area contributed by atoms with Gasteiger partial charge in [0.2, 0.25) is 0 Å². The Kier molecular flexibility index (Phi) is 7.63. The van der Waals surface area contributed by atoms with Gasteiger partial charge in [0.05, 0.1) is 34.1 Å². The summed E-state index contributed by atoms with van der Waals surface area (Å²) in [4.78, 5) is 10.4. The van der Waals surface area contributed by atoms with Gasteiger partial charge in [-0.15, -0.1) is 0 Å². The van der Waals surface area contributed by atoms with Crippen LogP contribution in [0.5, 0.6) is 0 Å². The zero-order chi connectivity index (χ0) is 41.6. The van der Waals surface area contributed by atoms with E-state index in [4.69, 9.17) is 9.97 Å². The number of hydrogen-bond donors (Lipinski definition) is 0. The fourth-order valence-corrected chi connectivity index (χ4v) is 10.1. The van der Waals surface area contributed by atoms with Crippen LogP contribution in [0.2, 0.25) is 0 Å². The van der Waals surface area contributed by atoms with Gasteiger partial charge in [-0.05, 0) is 102 Å². The summed E-state index contributed by atoms with van der Waals surface area (Å²) >= 11 is 0. The van der Waals surface area contributed by atoms with E-state index in [0.717, 1.165) is 72.1 Å². The molecule has 0 bridgehead atoms. The number of para-hydroxylation sites is 1. The van der Waals surface area contributed by atoms with E-state index in [9.17, 15) is 5.26 Å². The highest BCUT2D eigenvalue weighted by Crippen LogP contribution is 2.45. The molecule has 11 aromatic carbocycles. The van der Waals surface area contributed by atoms with Gasteiger partial charge in [0.15, 0.2) is 5.82 Å². The Morgan fingerprint density at radius 1 is 0.365 bits per heavy atom.